The molecule has 3 aromatic rings. The van der Waals surface area contributed by atoms with Gasteiger partial charge in [0.15, 0.2) is 4.34 Å². The van der Waals surface area contributed by atoms with Crippen molar-refractivity contribution >= 4 is 61.4 Å². The van der Waals surface area contributed by atoms with Crippen molar-refractivity contribution in [1.29, 1.82) is 0 Å². The summed E-state index contributed by atoms with van der Waals surface area (Å²) in [6.45, 7) is 1.98. The van der Waals surface area contributed by atoms with Gasteiger partial charge in [-0.25, -0.2) is 4.39 Å². The maximum Gasteiger partial charge on any atom is 0.234 e. The second-order valence-electron chi connectivity index (χ2n) is 5.33. The minimum Gasteiger partial charge on any atom is -0.330 e. The molecule has 0 radical (unpaired) electrons. The standard InChI is InChI=1S/C17H14BrFN4OS2/c1-10-5-6-14(13(18)7-10)21-15(24)9-25-17-23-22-16(26-17)20-12-4-2-3-11(19)8-12/h2-8H,9H2,1H3,(H,20,22)(H,21,24). The van der Waals surface area contributed by atoms with Crippen LogP contribution in [0.4, 0.5) is 20.9 Å². The second-order valence-corrected chi connectivity index (χ2v) is 8.38. The van der Waals surface area contributed by atoms with Gasteiger partial charge in [0.25, 0.3) is 0 Å². The smallest absolute Gasteiger partial charge is 0.234 e. The summed E-state index contributed by atoms with van der Waals surface area (Å²) in [6, 6.07) is 11.8. The summed E-state index contributed by atoms with van der Waals surface area (Å²) in [5.41, 5.74) is 2.43. The lowest BCUT2D eigenvalue weighted by molar-refractivity contribution is -0.113. The van der Waals surface area contributed by atoms with Crippen LogP contribution in [0.2, 0.25) is 0 Å². The molecule has 26 heavy (non-hydrogen) atoms. The molecule has 2 N–H and O–H groups in total. The quantitative estimate of drug-likeness (QED) is 0.501. The molecular formula is C17H14BrFN4OS2. The molecule has 0 spiro atoms. The molecule has 0 atom stereocenters. The molecule has 3 rings (SSSR count). The van der Waals surface area contributed by atoms with Gasteiger partial charge in [-0.3, -0.25) is 4.79 Å². The van der Waals surface area contributed by atoms with Crippen molar-refractivity contribution in [3.05, 3.63) is 58.3 Å². The van der Waals surface area contributed by atoms with Crippen molar-refractivity contribution in [3.63, 3.8) is 0 Å². The number of carbonyl (C=O) groups is 1. The van der Waals surface area contributed by atoms with Crippen LogP contribution in [-0.2, 0) is 4.79 Å². The second kappa shape index (κ2) is 8.61. The number of carbonyl (C=O) groups excluding carboxylic acids is 1. The summed E-state index contributed by atoms with van der Waals surface area (Å²) in [5, 5.41) is 14.4. The summed E-state index contributed by atoms with van der Waals surface area (Å²) in [4.78, 5) is 12.1. The first kappa shape index (κ1) is 18.8. The highest BCUT2D eigenvalue weighted by atomic mass is 79.9. The Hall–Kier alpha value is -1.97. The highest BCUT2D eigenvalue weighted by Gasteiger charge is 2.10. The Kier molecular flexibility index (Phi) is 6.23. The van der Waals surface area contributed by atoms with Crippen molar-refractivity contribution in [2.75, 3.05) is 16.4 Å². The first-order valence-corrected chi connectivity index (χ1v) is 10.1. The zero-order valence-electron chi connectivity index (χ0n) is 13.6. The summed E-state index contributed by atoms with van der Waals surface area (Å²) in [6.07, 6.45) is 0. The number of benzene rings is 2. The van der Waals surface area contributed by atoms with E-state index < -0.39 is 0 Å². The first-order chi connectivity index (χ1) is 12.5. The maximum atomic E-state index is 13.2. The number of nitrogens with one attached hydrogen (secondary N) is 2. The average Bonchev–Trinajstić information content (AvgIpc) is 3.03. The van der Waals surface area contributed by atoms with Gasteiger partial charge in [0.1, 0.15) is 5.82 Å². The van der Waals surface area contributed by atoms with Crippen LogP contribution < -0.4 is 10.6 Å². The lowest BCUT2D eigenvalue weighted by Gasteiger charge is -2.07. The molecule has 1 heterocycles. The van der Waals surface area contributed by atoms with Crippen molar-refractivity contribution in [2.24, 2.45) is 0 Å². The van der Waals surface area contributed by atoms with Gasteiger partial charge in [-0.05, 0) is 58.7 Å². The third-order valence-electron chi connectivity index (χ3n) is 3.21. The molecule has 1 aromatic heterocycles. The fourth-order valence-corrected chi connectivity index (χ4v) is 4.21. The molecule has 0 saturated heterocycles. The summed E-state index contributed by atoms with van der Waals surface area (Å²) in [7, 11) is 0. The molecule has 0 saturated carbocycles. The van der Waals surface area contributed by atoms with E-state index in [2.05, 4.69) is 36.8 Å². The Morgan fingerprint density at radius 2 is 2.12 bits per heavy atom. The molecule has 0 aliphatic rings. The molecular weight excluding hydrogens is 439 g/mol. The number of halogens is 2. The lowest BCUT2D eigenvalue weighted by atomic mass is 10.2. The molecule has 1 amide bonds. The van der Waals surface area contributed by atoms with Gasteiger partial charge >= 0.3 is 0 Å². The Balaban J connectivity index is 1.53. The van der Waals surface area contributed by atoms with E-state index >= 15 is 0 Å². The van der Waals surface area contributed by atoms with E-state index in [9.17, 15) is 9.18 Å². The van der Waals surface area contributed by atoms with Gasteiger partial charge in [-0.1, -0.05) is 35.2 Å². The van der Waals surface area contributed by atoms with Crippen LogP contribution in [0.3, 0.4) is 0 Å². The van der Waals surface area contributed by atoms with E-state index in [1.807, 2.05) is 25.1 Å². The fraction of sp³-hybridized carbons (Fsp3) is 0.118. The van der Waals surface area contributed by atoms with Gasteiger partial charge in [-0.15, -0.1) is 10.2 Å². The molecule has 0 fully saturated rings. The van der Waals surface area contributed by atoms with Crippen LogP contribution in [0.15, 0.2) is 51.3 Å². The van der Waals surface area contributed by atoms with Crippen LogP contribution in [0.25, 0.3) is 0 Å². The van der Waals surface area contributed by atoms with Crippen LogP contribution >= 0.6 is 39.0 Å². The zero-order chi connectivity index (χ0) is 18.5. The molecule has 5 nitrogen and oxygen atoms in total. The van der Waals surface area contributed by atoms with Gasteiger partial charge in [0.2, 0.25) is 11.0 Å². The highest BCUT2D eigenvalue weighted by molar-refractivity contribution is 9.10. The largest absolute Gasteiger partial charge is 0.330 e. The fourth-order valence-electron chi connectivity index (χ4n) is 2.04. The number of anilines is 3. The van der Waals surface area contributed by atoms with E-state index in [1.54, 1.807) is 12.1 Å². The van der Waals surface area contributed by atoms with Crippen molar-refractivity contribution in [2.45, 2.75) is 11.3 Å². The predicted molar refractivity (Wildman–Crippen MR) is 108 cm³/mol. The maximum absolute atomic E-state index is 13.2. The monoisotopic (exact) mass is 452 g/mol. The summed E-state index contributed by atoms with van der Waals surface area (Å²) >= 11 is 6.03. The van der Waals surface area contributed by atoms with Crippen LogP contribution in [0.1, 0.15) is 5.56 Å². The minimum atomic E-state index is -0.326. The number of hydrogen-bond donors (Lipinski definition) is 2. The van der Waals surface area contributed by atoms with Gasteiger partial charge in [0, 0.05) is 10.2 Å². The highest BCUT2D eigenvalue weighted by Crippen LogP contribution is 2.28. The first-order valence-electron chi connectivity index (χ1n) is 7.54. The lowest BCUT2D eigenvalue weighted by Crippen LogP contribution is -2.14. The van der Waals surface area contributed by atoms with E-state index in [4.69, 9.17) is 0 Å². The van der Waals surface area contributed by atoms with Crippen molar-refractivity contribution < 1.29 is 9.18 Å². The zero-order valence-corrected chi connectivity index (χ0v) is 16.8. The molecule has 2 aromatic carbocycles. The SMILES string of the molecule is Cc1ccc(NC(=O)CSc2nnc(Nc3cccc(F)c3)s2)c(Br)c1. The van der Waals surface area contributed by atoms with Crippen LogP contribution in [-0.4, -0.2) is 21.9 Å². The topological polar surface area (TPSA) is 66.9 Å². The van der Waals surface area contributed by atoms with Crippen molar-refractivity contribution in [3.8, 4) is 0 Å². The van der Waals surface area contributed by atoms with Crippen molar-refractivity contribution in [1.82, 2.24) is 10.2 Å². The number of amides is 1. The van der Waals surface area contributed by atoms with Gasteiger partial charge in [-0.2, -0.15) is 0 Å². The normalized spacial score (nSPS) is 10.6. The van der Waals surface area contributed by atoms with E-state index in [-0.39, 0.29) is 17.5 Å². The van der Waals surface area contributed by atoms with E-state index in [0.29, 0.717) is 15.2 Å². The Bertz CT molecular complexity index is 935. The number of nitrogens with zero attached hydrogens (tertiary/aromatic N) is 2. The predicted octanol–water partition coefficient (Wildman–Crippen LogP) is 5.22. The molecule has 0 aliphatic carbocycles. The molecule has 0 aliphatic heterocycles. The molecule has 9 heteroatoms. The number of hydrogen-bond acceptors (Lipinski definition) is 6. The van der Waals surface area contributed by atoms with Crippen LogP contribution in [0, 0.1) is 12.7 Å². The number of aryl methyl sites for hydroxylation is 1. The third kappa shape index (κ3) is 5.26. The number of aromatic nitrogens is 2. The molecule has 0 unspecified atom stereocenters. The third-order valence-corrected chi connectivity index (χ3v) is 5.84. The number of rotatable bonds is 6. The summed E-state index contributed by atoms with van der Waals surface area (Å²) in [5.74, 6) is -0.239. The number of thioether (sulfide) groups is 1. The van der Waals surface area contributed by atoms with Gasteiger partial charge < -0.3 is 10.6 Å². The van der Waals surface area contributed by atoms with E-state index in [0.717, 1.165) is 15.7 Å². The Morgan fingerprint density at radius 3 is 2.88 bits per heavy atom. The molecule has 134 valence electrons. The van der Waals surface area contributed by atoms with E-state index in [1.165, 1.54) is 35.2 Å². The van der Waals surface area contributed by atoms with Crippen LogP contribution in [0.5, 0.6) is 0 Å². The summed E-state index contributed by atoms with van der Waals surface area (Å²) < 4.78 is 14.7. The molecule has 0 bridgehead atoms. The Morgan fingerprint density at radius 1 is 1.27 bits per heavy atom. The van der Waals surface area contributed by atoms with Gasteiger partial charge in [0.05, 0.1) is 11.4 Å². The average molecular weight is 453 g/mol. The Labute approximate surface area is 166 Å². The minimum absolute atomic E-state index is 0.130.